The minimum atomic E-state index is 0.294. The SMILES string of the molecule is CC1(C)C2CCNC3C4CNCCC4N(C4CC(c5ccccc5)NC(c5ccccc5)C41)C32. The van der Waals surface area contributed by atoms with Crippen LogP contribution in [0.25, 0.3) is 0 Å². The summed E-state index contributed by atoms with van der Waals surface area (Å²) in [6.07, 6.45) is 3.83. The highest BCUT2D eigenvalue weighted by Gasteiger charge is 2.65. The molecule has 0 aliphatic carbocycles. The molecular weight excluding hydrogens is 416 g/mol. The third-order valence-electron chi connectivity index (χ3n) is 10.5. The Morgan fingerprint density at radius 1 is 0.853 bits per heavy atom. The van der Waals surface area contributed by atoms with Crippen LogP contribution in [0.15, 0.2) is 60.7 Å². The van der Waals surface area contributed by atoms with E-state index in [4.69, 9.17) is 0 Å². The highest BCUT2D eigenvalue weighted by atomic mass is 15.3. The van der Waals surface area contributed by atoms with Gasteiger partial charge in [0.2, 0.25) is 0 Å². The van der Waals surface area contributed by atoms with Gasteiger partial charge >= 0.3 is 0 Å². The third kappa shape index (κ3) is 3.12. The molecule has 4 heteroatoms. The number of hydrogen-bond donors (Lipinski definition) is 3. The molecule has 5 heterocycles. The van der Waals surface area contributed by atoms with Crippen LogP contribution in [0.1, 0.15) is 56.3 Å². The molecule has 2 aromatic rings. The van der Waals surface area contributed by atoms with Crippen molar-refractivity contribution in [3.8, 4) is 0 Å². The van der Waals surface area contributed by atoms with Crippen LogP contribution in [-0.2, 0) is 0 Å². The summed E-state index contributed by atoms with van der Waals surface area (Å²) in [6.45, 7) is 8.78. The largest absolute Gasteiger partial charge is 0.316 e. The fraction of sp³-hybridized carbons (Fsp3) is 0.600. The quantitative estimate of drug-likeness (QED) is 0.636. The van der Waals surface area contributed by atoms with Crippen LogP contribution in [0.3, 0.4) is 0 Å². The Hall–Kier alpha value is -1.72. The molecule has 0 spiro atoms. The summed E-state index contributed by atoms with van der Waals surface area (Å²) in [4.78, 5) is 3.11. The van der Waals surface area contributed by atoms with Crippen molar-refractivity contribution in [3.05, 3.63) is 71.8 Å². The number of nitrogens with zero attached hydrogens (tertiary/aromatic N) is 1. The van der Waals surface area contributed by atoms with E-state index in [-0.39, 0.29) is 0 Å². The third-order valence-corrected chi connectivity index (χ3v) is 10.5. The lowest BCUT2D eigenvalue weighted by Crippen LogP contribution is -2.70. The Bertz CT molecular complexity index is 1010. The summed E-state index contributed by atoms with van der Waals surface area (Å²) in [7, 11) is 0. The highest BCUT2D eigenvalue weighted by molar-refractivity contribution is 5.30. The summed E-state index contributed by atoms with van der Waals surface area (Å²) in [5.74, 6) is 2.12. The van der Waals surface area contributed by atoms with Crippen molar-refractivity contribution < 1.29 is 0 Å². The summed E-state index contributed by atoms with van der Waals surface area (Å²) in [6, 6.07) is 26.1. The zero-order valence-corrected chi connectivity index (χ0v) is 20.7. The predicted molar refractivity (Wildman–Crippen MR) is 137 cm³/mol. The normalized spacial score (nSPS) is 42.9. The van der Waals surface area contributed by atoms with Crippen molar-refractivity contribution in [2.24, 2.45) is 23.2 Å². The van der Waals surface area contributed by atoms with E-state index in [0.717, 1.165) is 17.9 Å². The molecule has 7 rings (SSSR count). The maximum Gasteiger partial charge on any atom is 0.0374 e. The van der Waals surface area contributed by atoms with Crippen LogP contribution in [0.5, 0.6) is 0 Å². The summed E-state index contributed by atoms with van der Waals surface area (Å²) in [5, 5.41) is 12.0. The molecular formula is C30H40N4. The van der Waals surface area contributed by atoms with Gasteiger partial charge in [0.15, 0.2) is 0 Å². The molecule has 0 amide bonds. The fourth-order valence-corrected chi connectivity index (χ4v) is 9.21. The second-order valence-corrected chi connectivity index (χ2v) is 12.2. The lowest BCUT2D eigenvalue weighted by molar-refractivity contribution is -0.134. The first-order valence-corrected chi connectivity index (χ1v) is 13.7. The molecule has 0 bridgehead atoms. The molecule has 9 atom stereocenters. The van der Waals surface area contributed by atoms with E-state index in [1.807, 2.05) is 0 Å². The van der Waals surface area contributed by atoms with Gasteiger partial charge < -0.3 is 16.0 Å². The number of fused-ring (bicyclic) bond motifs is 5. The molecule has 5 aliphatic heterocycles. The Balaban J connectivity index is 1.37. The maximum absolute atomic E-state index is 4.21. The van der Waals surface area contributed by atoms with Gasteiger partial charge in [0, 0.05) is 48.7 Å². The van der Waals surface area contributed by atoms with Gasteiger partial charge in [-0.3, -0.25) is 4.90 Å². The van der Waals surface area contributed by atoms with Crippen molar-refractivity contribution >= 4 is 0 Å². The van der Waals surface area contributed by atoms with E-state index < -0.39 is 0 Å². The van der Waals surface area contributed by atoms with Gasteiger partial charge in [-0.25, -0.2) is 0 Å². The Morgan fingerprint density at radius 3 is 2.35 bits per heavy atom. The molecule has 0 radical (unpaired) electrons. The first-order chi connectivity index (χ1) is 16.6. The van der Waals surface area contributed by atoms with E-state index in [1.54, 1.807) is 0 Å². The summed E-state index contributed by atoms with van der Waals surface area (Å²) in [5.41, 5.74) is 3.21. The van der Waals surface area contributed by atoms with E-state index in [9.17, 15) is 0 Å². The van der Waals surface area contributed by atoms with Crippen molar-refractivity contribution in [1.82, 2.24) is 20.9 Å². The average molecular weight is 457 g/mol. The van der Waals surface area contributed by atoms with Crippen LogP contribution >= 0.6 is 0 Å². The van der Waals surface area contributed by atoms with Crippen LogP contribution in [0.2, 0.25) is 0 Å². The van der Waals surface area contributed by atoms with Crippen LogP contribution in [0, 0.1) is 23.2 Å². The lowest BCUT2D eigenvalue weighted by Gasteiger charge is -2.64. The molecule has 34 heavy (non-hydrogen) atoms. The molecule has 180 valence electrons. The monoisotopic (exact) mass is 456 g/mol. The number of rotatable bonds is 2. The van der Waals surface area contributed by atoms with Gasteiger partial charge in [0.25, 0.3) is 0 Å². The van der Waals surface area contributed by atoms with Crippen LogP contribution in [-0.4, -0.2) is 48.7 Å². The first kappa shape index (κ1) is 21.6. The molecule has 5 aliphatic rings. The first-order valence-electron chi connectivity index (χ1n) is 13.7. The molecule has 0 saturated carbocycles. The Labute approximate surface area is 204 Å². The second-order valence-electron chi connectivity index (χ2n) is 12.2. The van der Waals surface area contributed by atoms with Crippen LogP contribution < -0.4 is 16.0 Å². The van der Waals surface area contributed by atoms with Crippen molar-refractivity contribution in [3.63, 3.8) is 0 Å². The fourth-order valence-electron chi connectivity index (χ4n) is 9.21. The highest BCUT2D eigenvalue weighted by Crippen LogP contribution is 2.61. The molecule has 5 saturated heterocycles. The molecule has 2 aromatic carbocycles. The van der Waals surface area contributed by atoms with Gasteiger partial charge in [-0.2, -0.15) is 0 Å². The van der Waals surface area contributed by atoms with Crippen molar-refractivity contribution in [2.45, 2.75) is 69.4 Å². The number of hydrogen-bond acceptors (Lipinski definition) is 4. The summed E-state index contributed by atoms with van der Waals surface area (Å²) >= 11 is 0. The maximum atomic E-state index is 4.21. The van der Waals surface area contributed by atoms with Gasteiger partial charge in [0.05, 0.1) is 0 Å². The zero-order valence-electron chi connectivity index (χ0n) is 20.7. The smallest absolute Gasteiger partial charge is 0.0374 e. The lowest BCUT2D eigenvalue weighted by atomic mass is 9.54. The van der Waals surface area contributed by atoms with Crippen molar-refractivity contribution in [2.75, 3.05) is 19.6 Å². The minimum absolute atomic E-state index is 0.294. The average Bonchev–Trinajstić information content (AvgIpc) is 3.23. The number of benzene rings is 2. The second kappa shape index (κ2) is 8.16. The van der Waals surface area contributed by atoms with E-state index >= 15 is 0 Å². The number of nitrogens with one attached hydrogen (secondary N) is 3. The zero-order chi connectivity index (χ0) is 22.9. The van der Waals surface area contributed by atoms with Gasteiger partial charge in [-0.15, -0.1) is 0 Å². The van der Waals surface area contributed by atoms with Gasteiger partial charge in [-0.1, -0.05) is 74.5 Å². The molecule has 3 N–H and O–H groups in total. The molecule has 0 aromatic heterocycles. The van der Waals surface area contributed by atoms with E-state index in [1.165, 1.54) is 50.0 Å². The molecule has 9 unspecified atom stereocenters. The summed E-state index contributed by atoms with van der Waals surface area (Å²) < 4.78 is 0. The van der Waals surface area contributed by atoms with Gasteiger partial charge in [-0.05, 0) is 60.7 Å². The minimum Gasteiger partial charge on any atom is -0.316 e. The van der Waals surface area contributed by atoms with E-state index in [2.05, 4.69) is 95.4 Å². The van der Waals surface area contributed by atoms with Crippen LogP contribution in [0.4, 0.5) is 0 Å². The topological polar surface area (TPSA) is 39.3 Å². The van der Waals surface area contributed by atoms with E-state index in [0.29, 0.717) is 41.5 Å². The van der Waals surface area contributed by atoms with Gasteiger partial charge in [0.1, 0.15) is 0 Å². The standard InChI is InChI=1S/C30H40N4/c1-30(2)22-13-16-32-28-21-18-31-15-14-24(21)34(29(22)28)25-17-23(19-9-5-3-6-10-19)33-27(26(25)30)20-11-7-4-8-12-20/h3-12,21-29,31-33H,13-18H2,1-2H3. The molecule has 5 fully saturated rings. The number of piperidine rings is 4. The Morgan fingerprint density at radius 2 is 1.59 bits per heavy atom. The Kier molecular flexibility index (Phi) is 5.17. The predicted octanol–water partition coefficient (Wildman–Crippen LogP) is 4.13. The molecule has 4 nitrogen and oxygen atoms in total. The van der Waals surface area contributed by atoms with Crippen molar-refractivity contribution in [1.29, 1.82) is 0 Å².